The molecule has 0 aliphatic rings. The standard InChI is InChI=1S/C43H87NO5/c1-3-5-7-9-11-13-15-16-17-18-19-20-21-22-23-24-25-26-27-29-30-32-34-36-40(46)42(48)39(38-45)44-43(49)41(47)37-35-33-31-28-14-12-10-8-6-4-2/h39-42,45-48H,3-38H2,1-2H3,(H,44,49). The summed E-state index contributed by atoms with van der Waals surface area (Å²) in [6.07, 6.45) is 40.0. The number of aliphatic hydroxyl groups is 4. The van der Waals surface area contributed by atoms with Gasteiger partial charge in [-0.25, -0.2) is 0 Å². The second kappa shape index (κ2) is 38.5. The van der Waals surface area contributed by atoms with Crippen molar-refractivity contribution in [2.24, 2.45) is 0 Å². The first-order chi connectivity index (χ1) is 24.0. The molecule has 4 unspecified atom stereocenters. The maximum absolute atomic E-state index is 12.4. The zero-order valence-corrected chi connectivity index (χ0v) is 33.0. The summed E-state index contributed by atoms with van der Waals surface area (Å²) in [4.78, 5) is 12.4. The molecule has 1 amide bonds. The van der Waals surface area contributed by atoms with Gasteiger partial charge < -0.3 is 25.7 Å². The molecular formula is C43H87NO5. The summed E-state index contributed by atoms with van der Waals surface area (Å²) in [5.74, 6) is -0.583. The highest BCUT2D eigenvalue weighted by Gasteiger charge is 2.28. The number of carbonyl (C=O) groups excluding carboxylic acids is 1. The first kappa shape index (κ1) is 48.3. The van der Waals surface area contributed by atoms with Crippen molar-refractivity contribution in [3.63, 3.8) is 0 Å². The number of unbranched alkanes of at least 4 members (excludes halogenated alkanes) is 31. The highest BCUT2D eigenvalue weighted by Crippen LogP contribution is 2.17. The van der Waals surface area contributed by atoms with Crippen LogP contribution in [0.1, 0.15) is 239 Å². The van der Waals surface area contributed by atoms with E-state index in [2.05, 4.69) is 19.2 Å². The van der Waals surface area contributed by atoms with Gasteiger partial charge in [-0.05, 0) is 12.8 Å². The second-order valence-electron chi connectivity index (χ2n) is 15.4. The van der Waals surface area contributed by atoms with Crippen LogP contribution in [0.3, 0.4) is 0 Å². The molecular weight excluding hydrogens is 610 g/mol. The fourth-order valence-electron chi connectivity index (χ4n) is 7.05. The molecule has 4 atom stereocenters. The van der Waals surface area contributed by atoms with E-state index in [1.165, 1.54) is 173 Å². The van der Waals surface area contributed by atoms with E-state index in [0.717, 1.165) is 38.5 Å². The van der Waals surface area contributed by atoms with E-state index in [4.69, 9.17) is 0 Å². The zero-order chi connectivity index (χ0) is 36.0. The van der Waals surface area contributed by atoms with Gasteiger partial charge in [0.2, 0.25) is 5.91 Å². The van der Waals surface area contributed by atoms with Crippen LogP contribution in [0.25, 0.3) is 0 Å². The van der Waals surface area contributed by atoms with Crippen molar-refractivity contribution in [2.75, 3.05) is 6.61 Å². The van der Waals surface area contributed by atoms with Crippen LogP contribution in [-0.4, -0.2) is 57.3 Å². The third-order valence-corrected chi connectivity index (χ3v) is 10.6. The van der Waals surface area contributed by atoms with E-state index < -0.39 is 36.9 Å². The summed E-state index contributed by atoms with van der Waals surface area (Å²) < 4.78 is 0. The van der Waals surface area contributed by atoms with Crippen LogP contribution in [0.15, 0.2) is 0 Å². The number of hydrogen-bond donors (Lipinski definition) is 5. The Balaban J connectivity index is 3.63. The molecule has 0 aromatic rings. The van der Waals surface area contributed by atoms with Crippen molar-refractivity contribution in [1.29, 1.82) is 0 Å². The number of rotatable bonds is 40. The SMILES string of the molecule is CCCCCCCCCCCCCCCCCCCCCCCCCC(O)C(O)C(CO)NC(=O)C(O)CCCCCCCCCCCC. The number of aliphatic hydroxyl groups excluding tert-OH is 4. The largest absolute Gasteiger partial charge is 0.394 e. The molecule has 0 aromatic carbocycles. The lowest BCUT2D eigenvalue weighted by Crippen LogP contribution is -2.53. The molecule has 0 rings (SSSR count). The molecule has 294 valence electrons. The molecule has 0 radical (unpaired) electrons. The first-order valence-electron chi connectivity index (χ1n) is 21.9. The van der Waals surface area contributed by atoms with Gasteiger partial charge in [0.05, 0.1) is 18.8 Å². The topological polar surface area (TPSA) is 110 Å². The molecule has 0 spiro atoms. The summed E-state index contributed by atoms with van der Waals surface area (Å²) in [6.45, 7) is 4.04. The van der Waals surface area contributed by atoms with E-state index in [9.17, 15) is 25.2 Å². The second-order valence-corrected chi connectivity index (χ2v) is 15.4. The molecule has 6 nitrogen and oxygen atoms in total. The van der Waals surface area contributed by atoms with E-state index in [1.54, 1.807) is 0 Å². The molecule has 0 bridgehead atoms. The van der Waals surface area contributed by atoms with Gasteiger partial charge in [-0.15, -0.1) is 0 Å². The lowest BCUT2D eigenvalue weighted by molar-refractivity contribution is -0.132. The normalized spacial score (nSPS) is 14.2. The van der Waals surface area contributed by atoms with Crippen molar-refractivity contribution in [3.05, 3.63) is 0 Å². The summed E-state index contributed by atoms with van der Waals surface area (Å²) in [5, 5.41) is 43.6. The van der Waals surface area contributed by atoms with E-state index in [0.29, 0.717) is 12.8 Å². The number of carbonyl (C=O) groups is 1. The maximum atomic E-state index is 12.4. The Hall–Kier alpha value is -0.690. The first-order valence-corrected chi connectivity index (χ1v) is 21.9. The molecule has 0 aliphatic carbocycles. The van der Waals surface area contributed by atoms with Crippen molar-refractivity contribution in [3.8, 4) is 0 Å². The van der Waals surface area contributed by atoms with Crippen LogP contribution in [0, 0.1) is 0 Å². The minimum Gasteiger partial charge on any atom is -0.394 e. The van der Waals surface area contributed by atoms with Gasteiger partial charge in [0.25, 0.3) is 0 Å². The van der Waals surface area contributed by atoms with Crippen molar-refractivity contribution in [1.82, 2.24) is 5.32 Å². The smallest absolute Gasteiger partial charge is 0.249 e. The van der Waals surface area contributed by atoms with Gasteiger partial charge in [0, 0.05) is 0 Å². The summed E-state index contributed by atoms with van der Waals surface area (Å²) in [5.41, 5.74) is 0. The predicted octanol–water partition coefficient (Wildman–Crippen LogP) is 11.2. The molecule has 6 heteroatoms. The van der Waals surface area contributed by atoms with E-state index in [1.807, 2.05) is 0 Å². The van der Waals surface area contributed by atoms with E-state index >= 15 is 0 Å². The van der Waals surface area contributed by atoms with Crippen LogP contribution in [0.2, 0.25) is 0 Å². The average molecular weight is 698 g/mol. The highest BCUT2D eigenvalue weighted by molar-refractivity contribution is 5.80. The molecule has 5 N–H and O–H groups in total. The van der Waals surface area contributed by atoms with Gasteiger partial charge in [-0.1, -0.05) is 226 Å². The summed E-state index contributed by atoms with van der Waals surface area (Å²) >= 11 is 0. The molecule has 0 fully saturated rings. The van der Waals surface area contributed by atoms with Crippen LogP contribution >= 0.6 is 0 Å². The minimum absolute atomic E-state index is 0.374. The molecule has 49 heavy (non-hydrogen) atoms. The summed E-state index contributed by atoms with van der Waals surface area (Å²) in [6, 6.07) is -0.977. The van der Waals surface area contributed by atoms with Crippen LogP contribution in [-0.2, 0) is 4.79 Å². The Bertz CT molecular complexity index is 662. The number of hydrogen-bond acceptors (Lipinski definition) is 5. The molecule has 0 aliphatic heterocycles. The molecule has 0 aromatic heterocycles. The fraction of sp³-hybridized carbons (Fsp3) is 0.977. The molecule has 0 heterocycles. The Morgan fingerprint density at radius 3 is 0.980 bits per heavy atom. The van der Waals surface area contributed by atoms with Gasteiger partial charge in [-0.3, -0.25) is 4.79 Å². The van der Waals surface area contributed by atoms with Crippen molar-refractivity contribution in [2.45, 2.75) is 263 Å². The lowest BCUT2D eigenvalue weighted by atomic mass is 9.99. The van der Waals surface area contributed by atoms with Gasteiger partial charge in [0.15, 0.2) is 0 Å². The molecule has 0 saturated heterocycles. The molecule has 0 saturated carbocycles. The van der Waals surface area contributed by atoms with Crippen molar-refractivity contribution >= 4 is 5.91 Å². The Morgan fingerprint density at radius 2 is 0.694 bits per heavy atom. The minimum atomic E-state index is -1.25. The Kier molecular flexibility index (Phi) is 38.0. The monoisotopic (exact) mass is 698 g/mol. The Labute approximate surface area is 305 Å². The lowest BCUT2D eigenvalue weighted by Gasteiger charge is -2.27. The van der Waals surface area contributed by atoms with Crippen LogP contribution in [0.4, 0.5) is 0 Å². The highest BCUT2D eigenvalue weighted by atomic mass is 16.3. The van der Waals surface area contributed by atoms with Gasteiger partial charge >= 0.3 is 0 Å². The fourth-order valence-corrected chi connectivity index (χ4v) is 7.05. The third kappa shape index (κ3) is 32.9. The maximum Gasteiger partial charge on any atom is 0.249 e. The van der Waals surface area contributed by atoms with Crippen LogP contribution in [0.5, 0.6) is 0 Å². The quantitative estimate of drug-likeness (QED) is 0.0409. The predicted molar refractivity (Wildman–Crippen MR) is 210 cm³/mol. The van der Waals surface area contributed by atoms with Gasteiger partial charge in [-0.2, -0.15) is 0 Å². The van der Waals surface area contributed by atoms with Crippen molar-refractivity contribution < 1.29 is 25.2 Å². The number of nitrogens with one attached hydrogen (secondary N) is 1. The van der Waals surface area contributed by atoms with E-state index in [-0.39, 0.29) is 0 Å². The third-order valence-electron chi connectivity index (χ3n) is 10.6. The Morgan fingerprint density at radius 1 is 0.429 bits per heavy atom. The van der Waals surface area contributed by atoms with Crippen LogP contribution < -0.4 is 5.32 Å². The number of amides is 1. The summed E-state index contributed by atoms with van der Waals surface area (Å²) in [7, 11) is 0. The zero-order valence-electron chi connectivity index (χ0n) is 33.0. The van der Waals surface area contributed by atoms with Gasteiger partial charge in [0.1, 0.15) is 12.2 Å². The average Bonchev–Trinajstić information content (AvgIpc) is 3.11.